The Morgan fingerprint density at radius 3 is 2.77 bits per heavy atom. The van der Waals surface area contributed by atoms with Gasteiger partial charge in [-0.2, -0.15) is 5.10 Å². The van der Waals surface area contributed by atoms with Crippen molar-refractivity contribution in [1.29, 1.82) is 0 Å². The zero-order chi connectivity index (χ0) is 9.84. The summed E-state index contributed by atoms with van der Waals surface area (Å²) in [6.07, 6.45) is -1.15. The van der Waals surface area contributed by atoms with E-state index >= 15 is 0 Å². The number of hydrazone groups is 1. The second kappa shape index (κ2) is 4.04. The van der Waals surface area contributed by atoms with E-state index in [4.69, 9.17) is 5.11 Å². The van der Waals surface area contributed by atoms with Crippen molar-refractivity contribution in [3.8, 4) is 0 Å². The summed E-state index contributed by atoms with van der Waals surface area (Å²) in [6.45, 7) is 3.76. The van der Waals surface area contributed by atoms with E-state index in [0.29, 0.717) is 5.71 Å². The predicted molar refractivity (Wildman–Crippen MR) is 52.4 cm³/mol. The third-order valence-corrected chi connectivity index (χ3v) is 2.53. The van der Waals surface area contributed by atoms with Crippen molar-refractivity contribution < 1.29 is 9.90 Å². The van der Waals surface area contributed by atoms with Crippen LogP contribution in [-0.4, -0.2) is 16.9 Å². The quantitative estimate of drug-likeness (QED) is 0.564. The minimum absolute atomic E-state index is 0.681. The Morgan fingerprint density at radius 1 is 1.62 bits per heavy atom. The van der Waals surface area contributed by atoms with Crippen molar-refractivity contribution in [1.82, 2.24) is 5.43 Å². The van der Waals surface area contributed by atoms with E-state index in [2.05, 4.69) is 5.10 Å². The number of nitrogens with one attached hydrogen (secondary N) is 1. The molecule has 2 N–H and O–H groups in total. The first-order valence-corrected chi connectivity index (χ1v) is 4.51. The normalized spacial score (nSPS) is 11.4. The van der Waals surface area contributed by atoms with Crippen LogP contribution in [0.4, 0.5) is 4.79 Å². The second-order valence-electron chi connectivity index (χ2n) is 2.52. The van der Waals surface area contributed by atoms with Gasteiger partial charge in [0.25, 0.3) is 0 Å². The Kier molecular flexibility index (Phi) is 3.02. The van der Waals surface area contributed by atoms with Crippen LogP contribution in [0.3, 0.4) is 0 Å². The largest absolute Gasteiger partial charge is 0.464 e. The van der Waals surface area contributed by atoms with Crippen LogP contribution in [0, 0.1) is 6.92 Å². The SMILES string of the molecule is CC(=NNC(=O)O)c1ccc(C)s1. The highest BCUT2D eigenvalue weighted by Gasteiger charge is 2.00. The summed E-state index contributed by atoms with van der Waals surface area (Å²) in [5.74, 6) is 0. The number of aryl methyl sites for hydroxylation is 1. The Labute approximate surface area is 79.9 Å². The number of nitrogens with zero attached hydrogens (tertiary/aromatic N) is 1. The molecule has 5 heteroatoms. The van der Waals surface area contributed by atoms with E-state index in [1.807, 2.05) is 24.5 Å². The summed E-state index contributed by atoms with van der Waals surface area (Å²) in [6, 6.07) is 3.89. The summed E-state index contributed by atoms with van der Waals surface area (Å²) < 4.78 is 0. The van der Waals surface area contributed by atoms with Gasteiger partial charge in [0.1, 0.15) is 0 Å². The van der Waals surface area contributed by atoms with Gasteiger partial charge in [-0.15, -0.1) is 11.3 Å². The van der Waals surface area contributed by atoms with E-state index in [9.17, 15) is 4.79 Å². The molecule has 0 aromatic carbocycles. The molecule has 0 radical (unpaired) electrons. The van der Waals surface area contributed by atoms with Crippen LogP contribution in [-0.2, 0) is 0 Å². The van der Waals surface area contributed by atoms with Crippen molar-refractivity contribution in [2.45, 2.75) is 13.8 Å². The van der Waals surface area contributed by atoms with Gasteiger partial charge >= 0.3 is 6.09 Å². The van der Waals surface area contributed by atoms with Crippen LogP contribution in [0.25, 0.3) is 0 Å². The van der Waals surface area contributed by atoms with Crippen LogP contribution in [0.15, 0.2) is 17.2 Å². The lowest BCUT2D eigenvalue weighted by Gasteiger charge is -1.95. The highest BCUT2D eigenvalue weighted by Crippen LogP contribution is 2.15. The van der Waals surface area contributed by atoms with Gasteiger partial charge in [0.15, 0.2) is 0 Å². The fourth-order valence-electron chi connectivity index (χ4n) is 0.816. The molecule has 0 unspecified atom stereocenters. The van der Waals surface area contributed by atoms with Gasteiger partial charge in [-0.05, 0) is 26.0 Å². The third kappa shape index (κ3) is 2.87. The molecule has 0 aliphatic rings. The average molecular weight is 198 g/mol. The van der Waals surface area contributed by atoms with Crippen molar-refractivity contribution in [2.75, 3.05) is 0 Å². The maximum absolute atomic E-state index is 10.1. The molecule has 0 spiro atoms. The van der Waals surface area contributed by atoms with Gasteiger partial charge < -0.3 is 5.11 Å². The molecule has 0 atom stereocenters. The van der Waals surface area contributed by atoms with Gasteiger partial charge in [-0.3, -0.25) is 0 Å². The Balaban J connectivity index is 2.72. The molecule has 0 saturated carbocycles. The zero-order valence-electron chi connectivity index (χ0n) is 7.37. The summed E-state index contributed by atoms with van der Waals surface area (Å²) >= 11 is 1.58. The highest BCUT2D eigenvalue weighted by atomic mass is 32.1. The number of hydrogen-bond donors (Lipinski definition) is 2. The number of thiophene rings is 1. The van der Waals surface area contributed by atoms with E-state index in [1.165, 1.54) is 4.88 Å². The summed E-state index contributed by atoms with van der Waals surface area (Å²) in [7, 11) is 0. The molecule has 0 aliphatic heterocycles. The van der Waals surface area contributed by atoms with Crippen molar-refractivity contribution in [3.63, 3.8) is 0 Å². The lowest BCUT2D eigenvalue weighted by atomic mass is 10.3. The number of amides is 1. The average Bonchev–Trinajstić information content (AvgIpc) is 2.47. The monoisotopic (exact) mass is 198 g/mol. The van der Waals surface area contributed by atoms with Crippen LogP contribution < -0.4 is 5.43 Å². The number of carboxylic acid groups (broad SMARTS) is 1. The molecular formula is C8H10N2O2S. The van der Waals surface area contributed by atoms with Crippen LogP contribution in [0.5, 0.6) is 0 Å². The van der Waals surface area contributed by atoms with Gasteiger partial charge in [0.05, 0.1) is 10.6 Å². The number of hydrogen-bond acceptors (Lipinski definition) is 3. The van der Waals surface area contributed by atoms with Crippen LogP contribution in [0.2, 0.25) is 0 Å². The molecule has 0 aliphatic carbocycles. The van der Waals surface area contributed by atoms with Crippen LogP contribution in [0.1, 0.15) is 16.7 Å². The van der Waals surface area contributed by atoms with E-state index in [-0.39, 0.29) is 0 Å². The lowest BCUT2D eigenvalue weighted by Crippen LogP contribution is -2.15. The second-order valence-corrected chi connectivity index (χ2v) is 3.81. The van der Waals surface area contributed by atoms with Gasteiger partial charge in [0.2, 0.25) is 0 Å². The molecule has 1 heterocycles. The molecule has 1 rings (SSSR count). The predicted octanol–water partition coefficient (Wildman–Crippen LogP) is 2.05. The highest BCUT2D eigenvalue weighted by molar-refractivity contribution is 7.14. The van der Waals surface area contributed by atoms with Crippen molar-refractivity contribution >= 4 is 23.1 Å². The molecular weight excluding hydrogens is 188 g/mol. The smallest absolute Gasteiger partial charge is 0.425 e. The first-order valence-electron chi connectivity index (χ1n) is 3.69. The third-order valence-electron chi connectivity index (χ3n) is 1.42. The topological polar surface area (TPSA) is 61.7 Å². The van der Waals surface area contributed by atoms with Crippen molar-refractivity contribution in [3.05, 3.63) is 21.9 Å². The molecule has 1 aromatic rings. The van der Waals surface area contributed by atoms with E-state index in [1.54, 1.807) is 18.3 Å². The number of rotatable bonds is 2. The van der Waals surface area contributed by atoms with Gasteiger partial charge in [0, 0.05) is 4.88 Å². The minimum atomic E-state index is -1.15. The van der Waals surface area contributed by atoms with Crippen LogP contribution >= 0.6 is 11.3 Å². The molecule has 0 saturated heterocycles. The summed E-state index contributed by atoms with van der Waals surface area (Å²) in [4.78, 5) is 12.3. The molecule has 13 heavy (non-hydrogen) atoms. The fourth-order valence-corrected chi connectivity index (χ4v) is 1.63. The Bertz CT molecular complexity index is 344. The Hall–Kier alpha value is -1.36. The zero-order valence-corrected chi connectivity index (χ0v) is 8.18. The van der Waals surface area contributed by atoms with Crippen molar-refractivity contribution in [2.24, 2.45) is 5.10 Å². The molecule has 0 fully saturated rings. The first-order chi connectivity index (χ1) is 6.09. The van der Waals surface area contributed by atoms with Gasteiger partial charge in [-0.1, -0.05) is 0 Å². The fraction of sp³-hybridized carbons (Fsp3) is 0.250. The van der Waals surface area contributed by atoms with Gasteiger partial charge in [-0.25, -0.2) is 10.2 Å². The molecule has 4 nitrogen and oxygen atoms in total. The standard InChI is InChI=1S/C8H10N2O2S/c1-5-3-4-7(13-5)6(2)9-10-8(11)12/h3-4,10H,1-2H3,(H,11,12). The number of carbonyl (C=O) groups is 1. The summed E-state index contributed by atoms with van der Waals surface area (Å²) in [5.41, 5.74) is 2.65. The first kappa shape index (κ1) is 9.73. The molecule has 70 valence electrons. The Morgan fingerprint density at radius 2 is 2.31 bits per heavy atom. The molecule has 0 bridgehead atoms. The van der Waals surface area contributed by atoms with E-state index in [0.717, 1.165) is 4.88 Å². The summed E-state index contributed by atoms with van der Waals surface area (Å²) in [5, 5.41) is 12.0. The maximum Gasteiger partial charge on any atom is 0.425 e. The van der Waals surface area contributed by atoms with E-state index < -0.39 is 6.09 Å². The molecule has 1 aromatic heterocycles. The lowest BCUT2D eigenvalue weighted by molar-refractivity contribution is 0.195. The molecule has 1 amide bonds. The minimum Gasteiger partial charge on any atom is -0.464 e. The maximum atomic E-state index is 10.1.